The Bertz CT molecular complexity index is 1520. The van der Waals surface area contributed by atoms with E-state index in [0.29, 0.717) is 17.8 Å². The number of aromatic nitrogens is 6. The number of amides is 1. The molecule has 1 aromatic carbocycles. The van der Waals surface area contributed by atoms with Gasteiger partial charge in [0.05, 0.1) is 35.0 Å². The summed E-state index contributed by atoms with van der Waals surface area (Å²) in [6, 6.07) is 11.8. The molecule has 0 unspecified atom stereocenters. The van der Waals surface area contributed by atoms with Gasteiger partial charge in [0.25, 0.3) is 5.91 Å². The number of para-hydroxylation sites is 1. The van der Waals surface area contributed by atoms with Crippen LogP contribution in [0.1, 0.15) is 34.5 Å². The van der Waals surface area contributed by atoms with Gasteiger partial charge in [-0.3, -0.25) is 14.8 Å². The average molecular weight is 513 g/mol. The number of fused-ring (bicyclic) bond motifs is 1. The zero-order valence-electron chi connectivity index (χ0n) is 20.8. The van der Waals surface area contributed by atoms with Crippen molar-refractivity contribution in [3.05, 3.63) is 90.7 Å². The standard InChI is InChI=1S/C27H26N8O.H2S/c1-17(12-31-24-11-22(33-15-34-24)19-8-7-18(2)30-13-19)20-5-4-6-21-25(27(36)28-3)23(14-32-26(20)21)35-10-9-29-16-35;/h4-11,13-17H,12H2,1-3H3,(H,28,36)(H,31,33,34);1H2/t17-;/m1./s1. The molecule has 37 heavy (non-hydrogen) atoms. The first-order valence-electron chi connectivity index (χ1n) is 11.7. The first kappa shape index (κ1) is 25.8. The van der Waals surface area contributed by atoms with Crippen LogP contribution in [-0.4, -0.2) is 49.0 Å². The topological polar surface area (TPSA) is 111 Å². The van der Waals surface area contributed by atoms with Gasteiger partial charge in [0.15, 0.2) is 0 Å². The first-order chi connectivity index (χ1) is 17.5. The molecule has 5 aromatic rings. The number of aryl methyl sites for hydroxylation is 1. The van der Waals surface area contributed by atoms with Crippen molar-refractivity contribution >= 4 is 36.1 Å². The van der Waals surface area contributed by atoms with Crippen molar-refractivity contribution in [2.24, 2.45) is 0 Å². The van der Waals surface area contributed by atoms with Gasteiger partial charge in [-0.1, -0.05) is 25.1 Å². The molecule has 4 aromatic heterocycles. The number of hydrogen-bond donors (Lipinski definition) is 2. The molecule has 4 heterocycles. The fourth-order valence-electron chi connectivity index (χ4n) is 4.19. The van der Waals surface area contributed by atoms with Gasteiger partial charge >= 0.3 is 0 Å². The van der Waals surface area contributed by atoms with E-state index in [-0.39, 0.29) is 25.3 Å². The van der Waals surface area contributed by atoms with Crippen molar-refractivity contribution in [3.8, 4) is 16.9 Å². The third-order valence-electron chi connectivity index (χ3n) is 6.14. The zero-order valence-corrected chi connectivity index (χ0v) is 21.8. The molecule has 0 aliphatic rings. The van der Waals surface area contributed by atoms with Crippen molar-refractivity contribution in [1.82, 2.24) is 34.8 Å². The molecule has 2 N–H and O–H groups in total. The third-order valence-corrected chi connectivity index (χ3v) is 6.14. The Kier molecular flexibility index (Phi) is 7.78. The van der Waals surface area contributed by atoms with Crippen molar-refractivity contribution in [3.63, 3.8) is 0 Å². The Morgan fingerprint density at radius 2 is 1.95 bits per heavy atom. The number of pyridine rings is 2. The van der Waals surface area contributed by atoms with Gasteiger partial charge in [-0.2, -0.15) is 13.5 Å². The van der Waals surface area contributed by atoms with Crippen LogP contribution < -0.4 is 10.6 Å². The minimum Gasteiger partial charge on any atom is -0.369 e. The third kappa shape index (κ3) is 5.29. The maximum absolute atomic E-state index is 12.9. The Hall–Kier alpha value is -4.31. The molecule has 0 fully saturated rings. The SMILES string of the molecule is CNC(=O)c1c(-n2ccnc2)cnc2c([C@H](C)CNc3cc(-c4ccc(C)nc4)ncn3)cccc12.S. The summed E-state index contributed by atoms with van der Waals surface area (Å²) < 4.78 is 1.80. The van der Waals surface area contributed by atoms with E-state index in [9.17, 15) is 4.79 Å². The fourth-order valence-corrected chi connectivity index (χ4v) is 4.19. The number of benzene rings is 1. The summed E-state index contributed by atoms with van der Waals surface area (Å²) in [4.78, 5) is 34.9. The predicted molar refractivity (Wildman–Crippen MR) is 150 cm³/mol. The van der Waals surface area contributed by atoms with Crippen LogP contribution >= 0.6 is 13.5 Å². The van der Waals surface area contributed by atoms with Crippen LogP contribution in [-0.2, 0) is 0 Å². The molecule has 0 aliphatic heterocycles. The number of carbonyl (C=O) groups is 1. The number of carbonyl (C=O) groups excluding carboxylic acids is 1. The van der Waals surface area contributed by atoms with Crippen LogP contribution in [0, 0.1) is 6.92 Å². The van der Waals surface area contributed by atoms with E-state index in [4.69, 9.17) is 4.98 Å². The molecular formula is C27H28N8OS. The number of rotatable bonds is 7. The van der Waals surface area contributed by atoms with E-state index < -0.39 is 0 Å². The molecule has 0 spiro atoms. The molecule has 10 heteroatoms. The number of anilines is 1. The summed E-state index contributed by atoms with van der Waals surface area (Å²) in [5, 5.41) is 6.97. The lowest BCUT2D eigenvalue weighted by atomic mass is 9.95. The molecular weight excluding hydrogens is 484 g/mol. The van der Waals surface area contributed by atoms with Crippen molar-refractivity contribution in [2.75, 3.05) is 18.9 Å². The van der Waals surface area contributed by atoms with Gasteiger partial charge < -0.3 is 15.2 Å². The van der Waals surface area contributed by atoms with E-state index in [1.165, 1.54) is 0 Å². The Labute approximate surface area is 221 Å². The minimum absolute atomic E-state index is 0. The molecule has 1 amide bonds. The Morgan fingerprint density at radius 3 is 2.68 bits per heavy atom. The number of hydrogen-bond acceptors (Lipinski definition) is 7. The highest BCUT2D eigenvalue weighted by Crippen LogP contribution is 2.30. The first-order valence-corrected chi connectivity index (χ1v) is 11.7. The van der Waals surface area contributed by atoms with E-state index in [2.05, 4.69) is 43.6 Å². The molecule has 9 nitrogen and oxygen atoms in total. The average Bonchev–Trinajstić information content (AvgIpc) is 3.46. The van der Waals surface area contributed by atoms with Gasteiger partial charge in [0.2, 0.25) is 0 Å². The summed E-state index contributed by atoms with van der Waals surface area (Å²) in [5.74, 6) is 0.652. The summed E-state index contributed by atoms with van der Waals surface area (Å²) in [7, 11) is 1.63. The normalized spacial score (nSPS) is 11.5. The molecule has 1 atom stereocenters. The Balaban J connectivity index is 0.00000320. The van der Waals surface area contributed by atoms with E-state index in [0.717, 1.165) is 39.2 Å². The summed E-state index contributed by atoms with van der Waals surface area (Å²) in [6.45, 7) is 4.71. The maximum atomic E-state index is 12.9. The lowest BCUT2D eigenvalue weighted by Gasteiger charge is -2.18. The molecule has 0 radical (unpaired) electrons. The molecule has 5 rings (SSSR count). The highest BCUT2D eigenvalue weighted by molar-refractivity contribution is 7.59. The number of nitrogens with one attached hydrogen (secondary N) is 2. The van der Waals surface area contributed by atoms with Crippen LogP contribution in [0.2, 0.25) is 0 Å². The maximum Gasteiger partial charge on any atom is 0.253 e. The van der Waals surface area contributed by atoms with Gasteiger partial charge in [0, 0.05) is 60.8 Å². The monoisotopic (exact) mass is 512 g/mol. The summed E-state index contributed by atoms with van der Waals surface area (Å²) >= 11 is 0. The fraction of sp³-hybridized carbons (Fsp3) is 0.185. The van der Waals surface area contributed by atoms with Crippen LogP contribution in [0.3, 0.4) is 0 Å². The quantitative estimate of drug-likeness (QED) is 0.335. The van der Waals surface area contributed by atoms with Crippen molar-refractivity contribution < 1.29 is 4.79 Å². The van der Waals surface area contributed by atoms with Crippen LogP contribution in [0.25, 0.3) is 27.8 Å². The second kappa shape index (κ2) is 11.2. The predicted octanol–water partition coefficient (Wildman–Crippen LogP) is 4.27. The second-order valence-electron chi connectivity index (χ2n) is 8.57. The minimum atomic E-state index is -0.173. The molecule has 0 aliphatic carbocycles. The van der Waals surface area contributed by atoms with Crippen LogP contribution in [0.4, 0.5) is 5.82 Å². The highest BCUT2D eigenvalue weighted by Gasteiger charge is 2.20. The molecule has 188 valence electrons. The van der Waals surface area contributed by atoms with E-state index in [1.807, 2.05) is 43.5 Å². The smallest absolute Gasteiger partial charge is 0.253 e. The van der Waals surface area contributed by atoms with Gasteiger partial charge in [-0.25, -0.2) is 15.0 Å². The zero-order chi connectivity index (χ0) is 25.1. The number of imidazole rings is 1. The summed E-state index contributed by atoms with van der Waals surface area (Å²) in [5.41, 5.74) is 5.79. The largest absolute Gasteiger partial charge is 0.369 e. The summed E-state index contributed by atoms with van der Waals surface area (Å²) in [6.07, 6.45) is 10.2. The van der Waals surface area contributed by atoms with Gasteiger partial charge in [-0.05, 0) is 24.6 Å². The van der Waals surface area contributed by atoms with Crippen molar-refractivity contribution in [1.29, 1.82) is 0 Å². The van der Waals surface area contributed by atoms with E-state index in [1.54, 1.807) is 42.9 Å². The molecule has 0 bridgehead atoms. The van der Waals surface area contributed by atoms with E-state index >= 15 is 0 Å². The molecule has 0 saturated carbocycles. The van der Waals surface area contributed by atoms with Crippen LogP contribution in [0.5, 0.6) is 0 Å². The molecule has 0 saturated heterocycles. The Morgan fingerprint density at radius 1 is 1.08 bits per heavy atom. The highest BCUT2D eigenvalue weighted by atomic mass is 32.1. The lowest BCUT2D eigenvalue weighted by molar-refractivity contribution is 0.0964. The second-order valence-corrected chi connectivity index (χ2v) is 8.57. The van der Waals surface area contributed by atoms with Gasteiger partial charge in [0.1, 0.15) is 12.1 Å². The van der Waals surface area contributed by atoms with Crippen molar-refractivity contribution in [2.45, 2.75) is 19.8 Å². The lowest BCUT2D eigenvalue weighted by Crippen LogP contribution is -2.21. The van der Waals surface area contributed by atoms with Gasteiger partial charge in [-0.15, -0.1) is 0 Å². The number of nitrogens with zero attached hydrogens (tertiary/aromatic N) is 6. The van der Waals surface area contributed by atoms with Crippen LogP contribution in [0.15, 0.2) is 73.8 Å².